The molecule has 0 radical (unpaired) electrons. The fraction of sp³-hybridized carbons (Fsp3) is 0.474. The highest BCUT2D eigenvalue weighted by atomic mass is 32.1. The number of hydrogen-bond acceptors (Lipinski definition) is 4. The zero-order valence-electron chi connectivity index (χ0n) is 14.2. The quantitative estimate of drug-likeness (QED) is 0.885. The summed E-state index contributed by atoms with van der Waals surface area (Å²) in [4.78, 5) is 16.5. The lowest BCUT2D eigenvalue weighted by Gasteiger charge is -2.29. The fourth-order valence-electron chi connectivity index (χ4n) is 3.11. The first kappa shape index (κ1) is 17.0. The number of nitrogens with zero attached hydrogens (tertiary/aromatic N) is 1. The molecule has 1 amide bonds. The minimum absolute atomic E-state index is 0.0339. The summed E-state index contributed by atoms with van der Waals surface area (Å²) in [5.74, 6) is 1.23. The number of carbonyl (C=O) groups excluding carboxylic acids is 1. The average Bonchev–Trinajstić information content (AvgIpc) is 3.02. The number of aromatic nitrogens is 1. The Labute approximate surface area is 147 Å². The van der Waals surface area contributed by atoms with E-state index in [0.717, 1.165) is 22.7 Å². The second-order valence-electron chi connectivity index (χ2n) is 6.54. The molecule has 1 heterocycles. The molecule has 0 aliphatic heterocycles. The minimum Gasteiger partial charge on any atom is -0.484 e. The highest BCUT2D eigenvalue weighted by Crippen LogP contribution is 2.26. The van der Waals surface area contributed by atoms with Crippen LogP contribution in [-0.2, 0) is 4.79 Å². The fourth-order valence-corrected chi connectivity index (χ4v) is 3.91. The van der Waals surface area contributed by atoms with Gasteiger partial charge < -0.3 is 10.1 Å². The number of amides is 1. The second kappa shape index (κ2) is 7.79. The highest BCUT2D eigenvalue weighted by molar-refractivity contribution is 7.13. The normalized spacial score (nSPS) is 20.6. The van der Waals surface area contributed by atoms with Crippen LogP contribution in [-0.4, -0.2) is 23.5 Å². The molecule has 0 unspecified atom stereocenters. The maximum atomic E-state index is 12.1. The van der Waals surface area contributed by atoms with Gasteiger partial charge in [-0.1, -0.05) is 19.8 Å². The molecule has 5 heteroatoms. The van der Waals surface area contributed by atoms with Gasteiger partial charge in [0.25, 0.3) is 5.91 Å². The van der Waals surface area contributed by atoms with E-state index in [2.05, 4.69) is 17.2 Å². The van der Waals surface area contributed by atoms with Crippen molar-refractivity contribution in [2.45, 2.75) is 45.6 Å². The van der Waals surface area contributed by atoms with E-state index in [9.17, 15) is 4.79 Å². The van der Waals surface area contributed by atoms with Crippen molar-refractivity contribution in [1.82, 2.24) is 10.3 Å². The van der Waals surface area contributed by atoms with Crippen LogP contribution in [0, 0.1) is 12.8 Å². The molecule has 2 aromatic rings. The molecular weight excluding hydrogens is 320 g/mol. The van der Waals surface area contributed by atoms with E-state index in [1.165, 1.54) is 19.3 Å². The van der Waals surface area contributed by atoms with E-state index < -0.39 is 0 Å². The number of ether oxygens (including phenoxy) is 1. The third-order valence-electron chi connectivity index (χ3n) is 4.55. The number of nitrogens with one attached hydrogen (secondary N) is 1. The Hall–Kier alpha value is -1.88. The van der Waals surface area contributed by atoms with Crippen LogP contribution in [0.25, 0.3) is 10.6 Å². The highest BCUT2D eigenvalue weighted by Gasteiger charge is 2.22. The molecule has 1 aromatic carbocycles. The van der Waals surface area contributed by atoms with Crippen LogP contribution < -0.4 is 10.1 Å². The third-order valence-corrected chi connectivity index (χ3v) is 5.56. The summed E-state index contributed by atoms with van der Waals surface area (Å²) in [6.45, 7) is 4.27. The molecule has 0 saturated heterocycles. The molecule has 4 nitrogen and oxygen atoms in total. The van der Waals surface area contributed by atoms with Gasteiger partial charge in [0.1, 0.15) is 10.8 Å². The molecule has 2 atom stereocenters. The Morgan fingerprint density at radius 1 is 1.29 bits per heavy atom. The molecule has 1 N–H and O–H groups in total. The zero-order valence-corrected chi connectivity index (χ0v) is 15.1. The lowest BCUT2D eigenvalue weighted by atomic mass is 9.86. The summed E-state index contributed by atoms with van der Waals surface area (Å²) in [6, 6.07) is 8.04. The van der Waals surface area contributed by atoms with Crippen molar-refractivity contribution in [3.63, 3.8) is 0 Å². The van der Waals surface area contributed by atoms with Crippen LogP contribution in [0.2, 0.25) is 0 Å². The minimum atomic E-state index is -0.0339. The Kier molecular flexibility index (Phi) is 5.51. The third kappa shape index (κ3) is 4.35. The van der Waals surface area contributed by atoms with E-state index in [1.54, 1.807) is 11.3 Å². The zero-order chi connectivity index (χ0) is 16.9. The first-order valence-electron chi connectivity index (χ1n) is 8.56. The van der Waals surface area contributed by atoms with Gasteiger partial charge in [-0.25, -0.2) is 4.98 Å². The molecular formula is C19H24N2O2S. The Morgan fingerprint density at radius 3 is 2.71 bits per heavy atom. The molecule has 0 spiro atoms. The number of aryl methyl sites for hydroxylation is 1. The predicted octanol–water partition coefficient (Wildman–Crippen LogP) is 4.19. The molecule has 3 rings (SSSR count). The number of hydrogen-bond donors (Lipinski definition) is 1. The summed E-state index contributed by atoms with van der Waals surface area (Å²) in [7, 11) is 0. The van der Waals surface area contributed by atoms with E-state index in [-0.39, 0.29) is 12.5 Å². The Morgan fingerprint density at radius 2 is 2.04 bits per heavy atom. The summed E-state index contributed by atoms with van der Waals surface area (Å²) in [5.41, 5.74) is 2.10. The van der Waals surface area contributed by atoms with Crippen LogP contribution >= 0.6 is 11.3 Å². The summed E-state index contributed by atoms with van der Waals surface area (Å²) in [6.07, 6.45) is 4.75. The number of thiazole rings is 1. The molecule has 1 saturated carbocycles. The van der Waals surface area contributed by atoms with Gasteiger partial charge in [0.05, 0.1) is 0 Å². The Balaban J connectivity index is 1.50. The molecule has 0 bridgehead atoms. The van der Waals surface area contributed by atoms with Gasteiger partial charge in [-0.15, -0.1) is 11.3 Å². The lowest BCUT2D eigenvalue weighted by molar-refractivity contribution is -0.124. The van der Waals surface area contributed by atoms with E-state index in [1.807, 2.05) is 36.6 Å². The first-order valence-corrected chi connectivity index (χ1v) is 9.44. The van der Waals surface area contributed by atoms with Crippen LogP contribution in [0.3, 0.4) is 0 Å². The van der Waals surface area contributed by atoms with Gasteiger partial charge in [-0.3, -0.25) is 4.79 Å². The van der Waals surface area contributed by atoms with Crippen molar-refractivity contribution in [2.75, 3.05) is 6.61 Å². The van der Waals surface area contributed by atoms with Crippen molar-refractivity contribution < 1.29 is 9.53 Å². The van der Waals surface area contributed by atoms with Gasteiger partial charge >= 0.3 is 0 Å². The topological polar surface area (TPSA) is 51.2 Å². The molecule has 1 aliphatic rings. The van der Waals surface area contributed by atoms with Crippen molar-refractivity contribution >= 4 is 17.2 Å². The largest absolute Gasteiger partial charge is 0.484 e. The number of rotatable bonds is 5. The van der Waals surface area contributed by atoms with Crippen molar-refractivity contribution in [1.29, 1.82) is 0 Å². The van der Waals surface area contributed by atoms with Gasteiger partial charge in [-0.2, -0.15) is 0 Å². The van der Waals surface area contributed by atoms with E-state index in [0.29, 0.717) is 17.7 Å². The molecule has 128 valence electrons. The SMILES string of the molecule is Cc1csc(-c2ccc(OCC(=O)N[C@@H]3CCCC[C@H]3C)cc2)n1. The molecule has 1 aliphatic carbocycles. The average molecular weight is 344 g/mol. The van der Waals surface area contributed by atoms with Gasteiger partial charge in [0.15, 0.2) is 6.61 Å². The molecule has 1 fully saturated rings. The number of carbonyl (C=O) groups is 1. The second-order valence-corrected chi connectivity index (χ2v) is 7.40. The molecule has 1 aromatic heterocycles. The van der Waals surface area contributed by atoms with Crippen LogP contribution in [0.1, 0.15) is 38.3 Å². The van der Waals surface area contributed by atoms with Crippen molar-refractivity contribution in [2.24, 2.45) is 5.92 Å². The smallest absolute Gasteiger partial charge is 0.258 e. The van der Waals surface area contributed by atoms with Gasteiger partial charge in [0.2, 0.25) is 0 Å². The van der Waals surface area contributed by atoms with E-state index >= 15 is 0 Å². The lowest BCUT2D eigenvalue weighted by Crippen LogP contribution is -2.43. The van der Waals surface area contributed by atoms with Crippen molar-refractivity contribution in [3.05, 3.63) is 35.3 Å². The summed E-state index contributed by atoms with van der Waals surface area (Å²) < 4.78 is 5.61. The summed E-state index contributed by atoms with van der Waals surface area (Å²) >= 11 is 1.63. The number of benzene rings is 1. The van der Waals surface area contributed by atoms with Crippen LogP contribution in [0.4, 0.5) is 0 Å². The standard InChI is InChI=1S/C19H24N2O2S/c1-13-5-3-4-6-17(13)21-18(22)11-23-16-9-7-15(8-10-16)19-20-14(2)12-24-19/h7-10,12-13,17H,3-6,11H2,1-2H3,(H,21,22)/t13-,17-/m1/s1. The van der Waals surface area contributed by atoms with E-state index in [4.69, 9.17) is 4.74 Å². The first-order chi connectivity index (χ1) is 11.6. The van der Waals surface area contributed by atoms with Crippen molar-refractivity contribution in [3.8, 4) is 16.3 Å². The summed E-state index contributed by atoms with van der Waals surface area (Å²) in [5, 5.41) is 6.15. The van der Waals surface area contributed by atoms with Crippen LogP contribution in [0.5, 0.6) is 5.75 Å². The Bertz CT molecular complexity index is 681. The predicted molar refractivity (Wildman–Crippen MR) is 97.3 cm³/mol. The maximum Gasteiger partial charge on any atom is 0.258 e. The monoisotopic (exact) mass is 344 g/mol. The maximum absolute atomic E-state index is 12.1. The molecule has 24 heavy (non-hydrogen) atoms. The van der Waals surface area contributed by atoms with Gasteiger partial charge in [0, 0.05) is 22.7 Å². The van der Waals surface area contributed by atoms with Gasteiger partial charge in [-0.05, 0) is 49.9 Å². The van der Waals surface area contributed by atoms with Crippen LogP contribution in [0.15, 0.2) is 29.6 Å².